The Bertz CT molecular complexity index is 324. The Labute approximate surface area is 128 Å². The topological polar surface area (TPSA) is 102 Å². The van der Waals surface area contributed by atoms with Crippen molar-refractivity contribution in [2.75, 3.05) is 45.0 Å². The molecule has 0 saturated heterocycles. The molecule has 7 nitrogen and oxygen atoms in total. The van der Waals surface area contributed by atoms with Gasteiger partial charge >= 0.3 is 5.97 Å². The fraction of sp³-hybridized carbons (Fsp3) is 0.769. The van der Waals surface area contributed by atoms with Crippen LogP contribution in [0.2, 0.25) is 0 Å². The van der Waals surface area contributed by atoms with Gasteiger partial charge in [-0.05, 0) is 12.7 Å². The molecule has 0 aliphatic carbocycles. The molecule has 0 atom stereocenters. The van der Waals surface area contributed by atoms with Gasteiger partial charge < -0.3 is 19.9 Å². The van der Waals surface area contributed by atoms with Crippen molar-refractivity contribution in [1.29, 1.82) is 0 Å². The van der Waals surface area contributed by atoms with E-state index in [-0.39, 0.29) is 24.7 Å². The molecule has 2 N–H and O–H groups in total. The molecule has 0 rings (SSSR count). The molecule has 1 amide bonds. The standard InChI is InChI=1S/C13H23NO6S/c1-21-8-4-14-12(16)10-20-7-6-19-5-2-3-11(15)9-13(17)18/h2-10H2,1H3,(H,14,16)(H,17,18). The van der Waals surface area contributed by atoms with Crippen LogP contribution in [0.25, 0.3) is 0 Å². The van der Waals surface area contributed by atoms with Crippen LogP contribution in [-0.2, 0) is 23.9 Å². The lowest BCUT2D eigenvalue weighted by molar-refractivity contribution is -0.140. The number of ketones is 1. The van der Waals surface area contributed by atoms with Crippen LogP contribution in [0.4, 0.5) is 0 Å². The first-order chi connectivity index (χ1) is 10.1. The quantitative estimate of drug-likeness (QED) is 0.351. The molecule has 0 fully saturated rings. The zero-order chi connectivity index (χ0) is 15.9. The van der Waals surface area contributed by atoms with E-state index in [0.717, 1.165) is 5.75 Å². The van der Waals surface area contributed by atoms with E-state index in [9.17, 15) is 14.4 Å². The summed E-state index contributed by atoms with van der Waals surface area (Å²) < 4.78 is 10.3. The van der Waals surface area contributed by atoms with Gasteiger partial charge in [-0.25, -0.2) is 0 Å². The Morgan fingerprint density at radius 3 is 2.52 bits per heavy atom. The molecule has 0 radical (unpaired) electrons. The summed E-state index contributed by atoms with van der Waals surface area (Å²) >= 11 is 1.66. The number of rotatable bonds is 14. The first-order valence-corrected chi connectivity index (χ1v) is 8.10. The lowest BCUT2D eigenvalue weighted by Gasteiger charge is -2.06. The fourth-order valence-electron chi connectivity index (χ4n) is 1.36. The third-order valence-electron chi connectivity index (χ3n) is 2.33. The molecule has 21 heavy (non-hydrogen) atoms. The van der Waals surface area contributed by atoms with Crippen molar-refractivity contribution in [3.8, 4) is 0 Å². The van der Waals surface area contributed by atoms with Gasteiger partial charge in [0.25, 0.3) is 0 Å². The maximum Gasteiger partial charge on any atom is 0.310 e. The molecule has 0 aliphatic heterocycles. The van der Waals surface area contributed by atoms with Gasteiger partial charge in [0.1, 0.15) is 18.8 Å². The largest absolute Gasteiger partial charge is 0.481 e. The van der Waals surface area contributed by atoms with E-state index < -0.39 is 12.4 Å². The lowest BCUT2D eigenvalue weighted by Crippen LogP contribution is -2.30. The maximum atomic E-state index is 11.2. The number of amides is 1. The number of carbonyl (C=O) groups excluding carboxylic acids is 2. The number of thioether (sulfide) groups is 1. The van der Waals surface area contributed by atoms with Crippen LogP contribution in [-0.4, -0.2) is 67.7 Å². The zero-order valence-corrected chi connectivity index (χ0v) is 13.1. The van der Waals surface area contributed by atoms with Gasteiger partial charge in [0.2, 0.25) is 5.91 Å². The van der Waals surface area contributed by atoms with E-state index in [1.165, 1.54) is 0 Å². The minimum Gasteiger partial charge on any atom is -0.481 e. The number of carboxylic acid groups (broad SMARTS) is 1. The van der Waals surface area contributed by atoms with Crippen molar-refractivity contribution in [1.82, 2.24) is 5.32 Å². The summed E-state index contributed by atoms with van der Waals surface area (Å²) in [4.78, 5) is 32.6. The highest BCUT2D eigenvalue weighted by Gasteiger charge is 2.06. The number of hydrogen-bond acceptors (Lipinski definition) is 6. The van der Waals surface area contributed by atoms with Crippen LogP contribution in [0.3, 0.4) is 0 Å². The maximum absolute atomic E-state index is 11.2. The van der Waals surface area contributed by atoms with Crippen molar-refractivity contribution in [2.24, 2.45) is 0 Å². The van der Waals surface area contributed by atoms with Crippen molar-refractivity contribution in [3.63, 3.8) is 0 Å². The van der Waals surface area contributed by atoms with Crippen molar-refractivity contribution in [2.45, 2.75) is 19.3 Å². The summed E-state index contributed by atoms with van der Waals surface area (Å²) in [5.41, 5.74) is 0. The molecule has 0 spiro atoms. The molecule has 0 unspecified atom stereocenters. The summed E-state index contributed by atoms with van der Waals surface area (Å²) in [7, 11) is 0. The van der Waals surface area contributed by atoms with Crippen LogP contribution in [0.15, 0.2) is 0 Å². The third kappa shape index (κ3) is 15.1. The van der Waals surface area contributed by atoms with Crippen LogP contribution in [0, 0.1) is 0 Å². The summed E-state index contributed by atoms with van der Waals surface area (Å²) in [6, 6.07) is 0. The highest BCUT2D eigenvalue weighted by atomic mass is 32.2. The summed E-state index contributed by atoms with van der Waals surface area (Å²) in [6.45, 7) is 1.65. The Hall–Kier alpha value is -1.12. The van der Waals surface area contributed by atoms with Crippen molar-refractivity contribution >= 4 is 29.4 Å². The van der Waals surface area contributed by atoms with Crippen LogP contribution in [0.5, 0.6) is 0 Å². The summed E-state index contributed by atoms with van der Waals surface area (Å²) in [6.07, 6.45) is 2.22. The molecule has 0 heterocycles. The first-order valence-electron chi connectivity index (χ1n) is 6.71. The molecule has 0 aromatic carbocycles. The monoisotopic (exact) mass is 321 g/mol. The van der Waals surface area contributed by atoms with Gasteiger partial charge in [-0.1, -0.05) is 0 Å². The molecule has 0 aromatic rings. The molecule has 0 saturated carbocycles. The van der Waals surface area contributed by atoms with E-state index in [1.807, 2.05) is 6.26 Å². The van der Waals surface area contributed by atoms with E-state index in [2.05, 4.69) is 5.32 Å². The van der Waals surface area contributed by atoms with Gasteiger partial charge in [0.15, 0.2) is 0 Å². The number of carbonyl (C=O) groups is 3. The Kier molecular flexibility index (Phi) is 13.1. The predicted molar refractivity (Wildman–Crippen MR) is 79.5 cm³/mol. The molecule has 0 aliphatic rings. The second-order valence-electron chi connectivity index (χ2n) is 4.22. The van der Waals surface area contributed by atoms with Crippen molar-refractivity contribution < 1.29 is 29.0 Å². The summed E-state index contributed by atoms with van der Waals surface area (Å²) in [5.74, 6) is -0.687. The van der Waals surface area contributed by atoms with E-state index >= 15 is 0 Å². The number of hydrogen-bond donors (Lipinski definition) is 2. The number of aliphatic carboxylic acids is 1. The highest BCUT2D eigenvalue weighted by molar-refractivity contribution is 7.98. The molecule has 8 heteroatoms. The van der Waals surface area contributed by atoms with Crippen LogP contribution in [0.1, 0.15) is 19.3 Å². The van der Waals surface area contributed by atoms with E-state index in [1.54, 1.807) is 11.8 Å². The van der Waals surface area contributed by atoms with Gasteiger partial charge in [-0.3, -0.25) is 14.4 Å². The normalized spacial score (nSPS) is 10.3. The molecule has 0 aromatic heterocycles. The second-order valence-corrected chi connectivity index (χ2v) is 5.21. The fourth-order valence-corrected chi connectivity index (χ4v) is 1.66. The first kappa shape index (κ1) is 19.9. The number of carboxylic acids is 1. The van der Waals surface area contributed by atoms with Crippen LogP contribution < -0.4 is 5.32 Å². The number of ether oxygens (including phenoxy) is 2. The van der Waals surface area contributed by atoms with Gasteiger partial charge in [-0.15, -0.1) is 0 Å². The SMILES string of the molecule is CSCCNC(=O)COCCOCCCC(=O)CC(=O)O. The summed E-state index contributed by atoms with van der Waals surface area (Å²) in [5, 5.41) is 11.1. The molecule has 122 valence electrons. The Morgan fingerprint density at radius 2 is 1.86 bits per heavy atom. The lowest BCUT2D eigenvalue weighted by atomic mass is 10.2. The smallest absolute Gasteiger partial charge is 0.310 e. The van der Waals surface area contributed by atoms with E-state index in [4.69, 9.17) is 14.6 Å². The highest BCUT2D eigenvalue weighted by Crippen LogP contribution is 1.96. The second kappa shape index (κ2) is 13.8. The van der Waals surface area contributed by atoms with Gasteiger partial charge in [0.05, 0.1) is 13.2 Å². The van der Waals surface area contributed by atoms with Gasteiger partial charge in [-0.2, -0.15) is 11.8 Å². The third-order valence-corrected chi connectivity index (χ3v) is 2.94. The minimum atomic E-state index is -1.11. The van der Waals surface area contributed by atoms with Crippen LogP contribution >= 0.6 is 11.8 Å². The molecular weight excluding hydrogens is 298 g/mol. The number of Topliss-reactive ketones (excluding diaryl/α,β-unsaturated/α-hetero) is 1. The average Bonchev–Trinajstić information content (AvgIpc) is 2.41. The minimum absolute atomic E-state index is 0.00877. The Balaban J connectivity index is 3.27. The van der Waals surface area contributed by atoms with Crippen molar-refractivity contribution in [3.05, 3.63) is 0 Å². The van der Waals surface area contributed by atoms with Gasteiger partial charge in [0, 0.05) is 25.3 Å². The number of nitrogens with one attached hydrogen (secondary N) is 1. The molecular formula is C13H23NO6S. The predicted octanol–water partition coefficient (Wildman–Crippen LogP) is 0.323. The molecule has 0 bridgehead atoms. The zero-order valence-electron chi connectivity index (χ0n) is 12.3. The van der Waals surface area contributed by atoms with E-state index in [0.29, 0.717) is 32.8 Å². The average molecular weight is 321 g/mol. The Morgan fingerprint density at radius 1 is 1.14 bits per heavy atom.